The van der Waals surface area contributed by atoms with E-state index in [4.69, 9.17) is 0 Å². The third-order valence-corrected chi connectivity index (χ3v) is 8.67. The van der Waals surface area contributed by atoms with E-state index < -0.39 is 28.5 Å². The van der Waals surface area contributed by atoms with Crippen molar-refractivity contribution in [1.29, 1.82) is 0 Å². The summed E-state index contributed by atoms with van der Waals surface area (Å²) in [5.74, 6) is -0.469. The fraction of sp³-hybridized carbons (Fsp3) is 0.375. The minimum atomic E-state index is -3.81. The molecular formula is C32H40BrN3O4S. The largest absolute Gasteiger partial charge is 0.352 e. The number of rotatable bonds is 13. The van der Waals surface area contributed by atoms with Crippen LogP contribution in [0.25, 0.3) is 0 Å². The van der Waals surface area contributed by atoms with Gasteiger partial charge in [-0.25, -0.2) is 8.42 Å². The molecule has 0 aliphatic heterocycles. The fourth-order valence-electron chi connectivity index (χ4n) is 4.47. The Labute approximate surface area is 253 Å². The van der Waals surface area contributed by atoms with Crippen molar-refractivity contribution in [2.24, 2.45) is 0 Å². The molecule has 0 saturated heterocycles. The molecule has 220 valence electrons. The van der Waals surface area contributed by atoms with Gasteiger partial charge in [0.25, 0.3) is 0 Å². The number of amides is 2. The van der Waals surface area contributed by atoms with E-state index in [1.54, 1.807) is 12.1 Å². The molecule has 3 rings (SSSR count). The smallest absolute Gasteiger partial charge is 0.244 e. The van der Waals surface area contributed by atoms with Gasteiger partial charge in [-0.05, 0) is 60.2 Å². The molecule has 0 aromatic heterocycles. The Hall–Kier alpha value is -3.17. The van der Waals surface area contributed by atoms with Gasteiger partial charge in [0.15, 0.2) is 0 Å². The molecule has 0 bridgehead atoms. The number of nitrogens with zero attached hydrogens (tertiary/aromatic N) is 2. The van der Waals surface area contributed by atoms with Gasteiger partial charge >= 0.3 is 0 Å². The third-order valence-electron chi connectivity index (χ3n) is 7.04. The van der Waals surface area contributed by atoms with Crippen molar-refractivity contribution >= 4 is 43.5 Å². The SMILES string of the molecule is CC[C@H](C)NC(=O)[C@H](Cc1ccccc1)N(Cc1cccc(Br)c1)C(=O)CN(c1ccc(C(C)C)cc1)S(C)(=O)=O. The molecule has 0 unspecified atom stereocenters. The molecule has 41 heavy (non-hydrogen) atoms. The molecule has 9 heteroatoms. The lowest BCUT2D eigenvalue weighted by molar-refractivity contribution is -0.140. The normalized spacial score (nSPS) is 13.0. The molecule has 0 radical (unpaired) electrons. The molecule has 3 aromatic rings. The molecule has 0 spiro atoms. The predicted molar refractivity (Wildman–Crippen MR) is 169 cm³/mol. The van der Waals surface area contributed by atoms with Gasteiger partial charge in [0, 0.05) is 23.5 Å². The maximum atomic E-state index is 14.2. The van der Waals surface area contributed by atoms with E-state index in [9.17, 15) is 18.0 Å². The van der Waals surface area contributed by atoms with Crippen LogP contribution in [-0.2, 0) is 32.6 Å². The van der Waals surface area contributed by atoms with Crippen LogP contribution in [0, 0.1) is 0 Å². The number of carbonyl (C=O) groups excluding carboxylic acids is 2. The standard InChI is InChI=1S/C32H40BrN3O4S/c1-6-24(4)34-32(38)30(20-25-11-8-7-9-12-25)35(21-26-13-10-14-28(33)19-26)31(37)22-36(41(5,39)40)29-17-15-27(16-18-29)23(2)3/h7-19,23-24,30H,6,20-22H2,1-5H3,(H,34,38)/t24-,30-/m0/s1. The van der Waals surface area contributed by atoms with Gasteiger partial charge in [-0.15, -0.1) is 0 Å². The van der Waals surface area contributed by atoms with Crippen LogP contribution in [0.4, 0.5) is 5.69 Å². The van der Waals surface area contributed by atoms with E-state index in [0.29, 0.717) is 5.69 Å². The second-order valence-electron chi connectivity index (χ2n) is 10.7. The van der Waals surface area contributed by atoms with Gasteiger partial charge in [-0.3, -0.25) is 13.9 Å². The minimum absolute atomic E-state index is 0.0874. The Morgan fingerprint density at radius 1 is 0.902 bits per heavy atom. The van der Waals surface area contributed by atoms with E-state index >= 15 is 0 Å². The van der Waals surface area contributed by atoms with Crippen LogP contribution in [0.15, 0.2) is 83.3 Å². The summed E-state index contributed by atoms with van der Waals surface area (Å²) in [6.07, 6.45) is 2.11. The lowest BCUT2D eigenvalue weighted by Gasteiger charge is -2.34. The van der Waals surface area contributed by atoms with E-state index in [2.05, 4.69) is 35.1 Å². The summed E-state index contributed by atoms with van der Waals surface area (Å²) < 4.78 is 27.9. The highest BCUT2D eigenvalue weighted by Gasteiger charge is 2.33. The number of benzene rings is 3. The summed E-state index contributed by atoms with van der Waals surface area (Å²) in [4.78, 5) is 29.4. The average molecular weight is 643 g/mol. The molecule has 2 amide bonds. The Bertz CT molecular complexity index is 1410. The second-order valence-corrected chi connectivity index (χ2v) is 13.5. The first-order valence-electron chi connectivity index (χ1n) is 13.8. The topological polar surface area (TPSA) is 86.8 Å². The highest BCUT2D eigenvalue weighted by atomic mass is 79.9. The molecular weight excluding hydrogens is 602 g/mol. The summed E-state index contributed by atoms with van der Waals surface area (Å²) in [6.45, 7) is 7.72. The van der Waals surface area contributed by atoms with Crippen molar-refractivity contribution in [3.8, 4) is 0 Å². The van der Waals surface area contributed by atoms with Crippen LogP contribution < -0.4 is 9.62 Å². The molecule has 7 nitrogen and oxygen atoms in total. The zero-order valence-corrected chi connectivity index (χ0v) is 26.8. The van der Waals surface area contributed by atoms with E-state index in [0.717, 1.165) is 38.1 Å². The number of anilines is 1. The zero-order chi connectivity index (χ0) is 30.2. The molecule has 0 aliphatic rings. The molecule has 2 atom stereocenters. The number of hydrogen-bond acceptors (Lipinski definition) is 4. The Kier molecular flexibility index (Phi) is 11.5. The molecule has 0 fully saturated rings. The lowest BCUT2D eigenvalue weighted by Crippen LogP contribution is -2.54. The number of sulfonamides is 1. The maximum absolute atomic E-state index is 14.2. The fourth-order valence-corrected chi connectivity index (χ4v) is 5.76. The maximum Gasteiger partial charge on any atom is 0.244 e. The van der Waals surface area contributed by atoms with Gasteiger partial charge in [0.2, 0.25) is 21.8 Å². The third kappa shape index (κ3) is 9.43. The zero-order valence-electron chi connectivity index (χ0n) is 24.4. The van der Waals surface area contributed by atoms with E-state index in [1.165, 1.54) is 4.90 Å². The van der Waals surface area contributed by atoms with Crippen molar-refractivity contribution in [3.05, 3.63) is 100 Å². The van der Waals surface area contributed by atoms with Crippen molar-refractivity contribution < 1.29 is 18.0 Å². The van der Waals surface area contributed by atoms with Crippen molar-refractivity contribution in [2.75, 3.05) is 17.1 Å². The summed E-state index contributed by atoms with van der Waals surface area (Å²) in [5.41, 5.74) is 3.17. The summed E-state index contributed by atoms with van der Waals surface area (Å²) >= 11 is 3.49. The van der Waals surface area contributed by atoms with E-state index in [1.807, 2.05) is 80.6 Å². The van der Waals surface area contributed by atoms with Gasteiger partial charge in [0.05, 0.1) is 11.9 Å². The molecule has 3 aromatic carbocycles. The molecule has 0 saturated carbocycles. The lowest BCUT2D eigenvalue weighted by atomic mass is 10.0. The average Bonchev–Trinajstić information content (AvgIpc) is 2.93. The first-order chi connectivity index (χ1) is 19.4. The van der Waals surface area contributed by atoms with E-state index in [-0.39, 0.29) is 30.8 Å². The van der Waals surface area contributed by atoms with Gasteiger partial charge < -0.3 is 10.2 Å². The van der Waals surface area contributed by atoms with Crippen LogP contribution in [0.5, 0.6) is 0 Å². The van der Waals surface area contributed by atoms with Gasteiger partial charge in [0.1, 0.15) is 12.6 Å². The van der Waals surface area contributed by atoms with Crippen LogP contribution in [0.1, 0.15) is 56.7 Å². The molecule has 0 heterocycles. The predicted octanol–water partition coefficient (Wildman–Crippen LogP) is 5.89. The Morgan fingerprint density at radius 2 is 1.54 bits per heavy atom. The van der Waals surface area contributed by atoms with Crippen molar-refractivity contribution in [3.63, 3.8) is 0 Å². The van der Waals surface area contributed by atoms with Crippen molar-refractivity contribution in [2.45, 2.75) is 65.1 Å². The molecule has 1 N–H and O–H groups in total. The number of nitrogens with one attached hydrogen (secondary N) is 1. The summed E-state index contributed by atoms with van der Waals surface area (Å²) in [7, 11) is -3.81. The highest BCUT2D eigenvalue weighted by Crippen LogP contribution is 2.24. The quantitative estimate of drug-likeness (QED) is 0.252. The van der Waals surface area contributed by atoms with Gasteiger partial charge in [-0.1, -0.05) is 91.3 Å². The van der Waals surface area contributed by atoms with Crippen LogP contribution >= 0.6 is 15.9 Å². The Balaban J connectivity index is 2.05. The number of hydrogen-bond donors (Lipinski definition) is 1. The monoisotopic (exact) mass is 641 g/mol. The first kappa shape index (κ1) is 32.3. The highest BCUT2D eigenvalue weighted by molar-refractivity contribution is 9.10. The van der Waals surface area contributed by atoms with Crippen LogP contribution in [-0.4, -0.2) is 50.0 Å². The van der Waals surface area contributed by atoms with Crippen LogP contribution in [0.2, 0.25) is 0 Å². The Morgan fingerprint density at radius 3 is 2.10 bits per heavy atom. The second kappa shape index (κ2) is 14.6. The van der Waals surface area contributed by atoms with Crippen molar-refractivity contribution in [1.82, 2.24) is 10.2 Å². The first-order valence-corrected chi connectivity index (χ1v) is 16.5. The molecule has 0 aliphatic carbocycles. The number of halogens is 1. The summed E-state index contributed by atoms with van der Waals surface area (Å²) in [5, 5.41) is 3.04. The minimum Gasteiger partial charge on any atom is -0.352 e. The van der Waals surface area contributed by atoms with Gasteiger partial charge in [-0.2, -0.15) is 0 Å². The van der Waals surface area contributed by atoms with Crippen LogP contribution in [0.3, 0.4) is 0 Å². The summed E-state index contributed by atoms with van der Waals surface area (Å²) in [6, 6.07) is 23.3. The number of carbonyl (C=O) groups is 2.